The lowest BCUT2D eigenvalue weighted by atomic mass is 9.80. The summed E-state index contributed by atoms with van der Waals surface area (Å²) in [6, 6.07) is 17.0. The second-order valence-corrected chi connectivity index (χ2v) is 13.2. The maximum atomic E-state index is 11.4. The Morgan fingerprint density at radius 3 is 0.973 bits per heavy atom. The fourth-order valence-electron chi connectivity index (χ4n) is 4.33. The Morgan fingerprint density at radius 2 is 0.730 bits per heavy atom. The van der Waals surface area contributed by atoms with Gasteiger partial charge in [-0.05, 0) is 83.7 Å². The Morgan fingerprint density at radius 1 is 0.486 bits per heavy atom. The molecule has 0 aliphatic carbocycles. The van der Waals surface area contributed by atoms with E-state index in [1.54, 1.807) is 36.4 Å². The molecule has 0 spiro atoms. The van der Waals surface area contributed by atoms with Gasteiger partial charge in [-0.25, -0.2) is 25.3 Å². The van der Waals surface area contributed by atoms with E-state index in [1.165, 1.54) is 36.4 Å². The van der Waals surface area contributed by atoms with Gasteiger partial charge < -0.3 is 13.7 Å². The molecule has 200 valence electrons. The van der Waals surface area contributed by atoms with Gasteiger partial charge in [0.05, 0.1) is 14.7 Å². The minimum atomic E-state index is -4.61. The van der Waals surface area contributed by atoms with Crippen molar-refractivity contribution in [1.29, 1.82) is 0 Å². The molecule has 9 nitrogen and oxygen atoms in total. The van der Waals surface area contributed by atoms with Gasteiger partial charge in [0, 0.05) is 0 Å². The second-order valence-electron chi connectivity index (χ2n) is 9.04. The molecule has 0 saturated heterocycles. The fourth-order valence-corrected chi connectivity index (χ4v) is 5.74. The lowest BCUT2D eigenvalue weighted by molar-refractivity contribution is 0.461. The van der Waals surface area contributed by atoms with E-state index < -0.39 is 30.4 Å². The summed E-state index contributed by atoms with van der Waals surface area (Å²) in [5, 5.41) is 0. The van der Waals surface area contributed by atoms with E-state index in [2.05, 4.69) is 0 Å². The number of hydrogen-bond donors (Lipinski definition) is 0. The molecule has 0 amide bonds. The third kappa shape index (κ3) is 7.69. The Kier molecular flexibility index (Phi) is 8.62. The maximum absolute atomic E-state index is 11.4. The maximum Gasteiger partial charge on any atom is 0.124 e. The molecule has 3 rings (SSSR count). The summed E-state index contributed by atoms with van der Waals surface area (Å²) in [7, 11) is -13.7. The summed E-state index contributed by atoms with van der Waals surface area (Å²) in [4.78, 5) is -1.00. The van der Waals surface area contributed by atoms with Crippen LogP contribution in [0, 0.1) is 0 Å². The first-order valence-electron chi connectivity index (χ1n) is 11.2. The van der Waals surface area contributed by atoms with Crippen molar-refractivity contribution in [3.05, 3.63) is 89.5 Å². The van der Waals surface area contributed by atoms with E-state index in [0.717, 1.165) is 16.7 Å². The van der Waals surface area contributed by atoms with Crippen LogP contribution in [-0.4, -0.2) is 38.9 Å². The predicted molar refractivity (Wildman–Crippen MR) is 132 cm³/mol. The van der Waals surface area contributed by atoms with Crippen molar-refractivity contribution in [3.8, 4) is 0 Å². The molecule has 0 aromatic heterocycles. The molecule has 12 heteroatoms. The summed E-state index contributed by atoms with van der Waals surface area (Å²) in [5.74, 6) is -0.313. The van der Waals surface area contributed by atoms with Crippen molar-refractivity contribution in [2.75, 3.05) is 0 Å². The molecule has 2 unspecified atom stereocenters. The molecule has 3 aromatic rings. The molecule has 0 fully saturated rings. The largest absolute Gasteiger partial charge is 0.744 e. The van der Waals surface area contributed by atoms with Crippen LogP contribution in [0.25, 0.3) is 0 Å². The van der Waals surface area contributed by atoms with Crippen LogP contribution < -0.4 is 0 Å². The van der Waals surface area contributed by atoms with Gasteiger partial charge in [0.2, 0.25) is 0 Å². The van der Waals surface area contributed by atoms with Crippen molar-refractivity contribution < 1.29 is 38.9 Å². The van der Waals surface area contributed by atoms with Crippen LogP contribution in [-0.2, 0) is 30.4 Å². The van der Waals surface area contributed by atoms with E-state index in [9.17, 15) is 38.9 Å². The normalized spacial score (nSPS) is 15.2. The number of hydrogen-bond acceptors (Lipinski definition) is 9. The Labute approximate surface area is 217 Å². The molecule has 0 N–H and O–H groups in total. The van der Waals surface area contributed by atoms with Gasteiger partial charge in [0.25, 0.3) is 0 Å². The topological polar surface area (TPSA) is 172 Å². The van der Waals surface area contributed by atoms with E-state index in [0.29, 0.717) is 12.8 Å². The summed E-state index contributed by atoms with van der Waals surface area (Å²) >= 11 is 0. The SMILES string of the molecule is CC(CC(CC(C)c1ccc(S(=O)(=O)[O-])cc1)c1ccc(S(=O)(=O)[O-])cc1)c1ccc(S(=O)(=O)[O-])cc1. The lowest BCUT2D eigenvalue weighted by Gasteiger charge is -2.26. The van der Waals surface area contributed by atoms with E-state index in [1.807, 2.05) is 13.8 Å². The van der Waals surface area contributed by atoms with Gasteiger partial charge >= 0.3 is 0 Å². The molecule has 37 heavy (non-hydrogen) atoms. The summed E-state index contributed by atoms with van der Waals surface area (Å²) < 4.78 is 101. The fraction of sp³-hybridized carbons (Fsp3) is 0.280. The standard InChI is InChI=1S/C25H28O9S3/c1-17(19-3-9-23(10-4-19)35(26,27)28)15-22(21-7-13-25(14-8-21)37(32,33)34)16-18(2)20-5-11-24(12-6-20)36(29,30)31/h3-14,17-18,22H,15-16H2,1-2H3,(H,26,27,28)(H,29,30,31)(H,32,33,34)/p-3. The van der Waals surface area contributed by atoms with Crippen LogP contribution in [0.3, 0.4) is 0 Å². The van der Waals surface area contributed by atoms with E-state index >= 15 is 0 Å². The van der Waals surface area contributed by atoms with Crippen LogP contribution in [0.5, 0.6) is 0 Å². The summed E-state index contributed by atoms with van der Waals surface area (Å²) in [6.45, 7) is 3.87. The number of rotatable bonds is 10. The molecule has 0 heterocycles. The summed E-state index contributed by atoms with van der Waals surface area (Å²) in [5.41, 5.74) is 2.38. The smallest absolute Gasteiger partial charge is 0.124 e. The van der Waals surface area contributed by atoms with E-state index in [-0.39, 0.29) is 32.4 Å². The quantitative estimate of drug-likeness (QED) is 0.331. The molecule has 0 aliphatic rings. The highest BCUT2D eigenvalue weighted by Gasteiger charge is 2.21. The van der Waals surface area contributed by atoms with Gasteiger partial charge in [0.1, 0.15) is 30.4 Å². The molecule has 0 aliphatic heterocycles. The van der Waals surface area contributed by atoms with Crippen LogP contribution in [0.15, 0.2) is 87.5 Å². The Hall–Kier alpha value is -2.61. The highest BCUT2D eigenvalue weighted by atomic mass is 32.2. The molecular formula is C25H25O9S3-3. The molecule has 0 saturated carbocycles. The van der Waals surface area contributed by atoms with Crippen molar-refractivity contribution in [3.63, 3.8) is 0 Å². The Bertz CT molecular complexity index is 1460. The van der Waals surface area contributed by atoms with Crippen LogP contribution in [0.4, 0.5) is 0 Å². The van der Waals surface area contributed by atoms with Crippen LogP contribution in [0.1, 0.15) is 61.1 Å². The second kappa shape index (κ2) is 11.0. The minimum Gasteiger partial charge on any atom is -0.744 e. The zero-order valence-electron chi connectivity index (χ0n) is 20.0. The average Bonchev–Trinajstić information content (AvgIpc) is 2.82. The molecule has 3 aromatic carbocycles. The van der Waals surface area contributed by atoms with E-state index in [4.69, 9.17) is 0 Å². The van der Waals surface area contributed by atoms with Gasteiger partial charge in [0.15, 0.2) is 0 Å². The monoisotopic (exact) mass is 565 g/mol. The van der Waals surface area contributed by atoms with Crippen molar-refractivity contribution in [2.24, 2.45) is 0 Å². The van der Waals surface area contributed by atoms with Gasteiger partial charge in [-0.3, -0.25) is 0 Å². The Balaban J connectivity index is 1.89. The third-order valence-electron chi connectivity index (χ3n) is 6.39. The molecular weight excluding hydrogens is 540 g/mol. The minimum absolute atomic E-state index is 0.0866. The van der Waals surface area contributed by atoms with Crippen molar-refractivity contribution >= 4 is 30.4 Å². The first kappa shape index (κ1) is 29.0. The highest BCUT2D eigenvalue weighted by molar-refractivity contribution is 7.86. The zero-order valence-corrected chi connectivity index (χ0v) is 22.4. The molecule has 0 bridgehead atoms. The van der Waals surface area contributed by atoms with Crippen LogP contribution in [0.2, 0.25) is 0 Å². The highest BCUT2D eigenvalue weighted by Crippen LogP contribution is 2.37. The van der Waals surface area contributed by atoms with Crippen molar-refractivity contribution in [1.82, 2.24) is 0 Å². The zero-order chi connectivity index (χ0) is 27.6. The first-order valence-corrected chi connectivity index (χ1v) is 15.5. The van der Waals surface area contributed by atoms with Gasteiger partial charge in [-0.2, -0.15) is 0 Å². The van der Waals surface area contributed by atoms with Gasteiger partial charge in [-0.15, -0.1) is 0 Å². The van der Waals surface area contributed by atoms with Gasteiger partial charge in [-0.1, -0.05) is 50.2 Å². The lowest BCUT2D eigenvalue weighted by Crippen LogP contribution is -2.10. The predicted octanol–water partition coefficient (Wildman–Crippen LogP) is 3.87. The number of benzene rings is 3. The molecule has 0 radical (unpaired) electrons. The first-order chi connectivity index (χ1) is 17.1. The van der Waals surface area contributed by atoms with Crippen molar-refractivity contribution in [2.45, 2.75) is 59.1 Å². The molecule has 2 atom stereocenters. The summed E-state index contributed by atoms with van der Waals surface area (Å²) in [6.07, 6.45) is 1.12. The van der Waals surface area contributed by atoms with Crippen LogP contribution >= 0.6 is 0 Å². The third-order valence-corrected chi connectivity index (χ3v) is 8.94. The average molecular weight is 566 g/mol.